The average molecular weight is 595 g/mol. The number of hydrogen-bond acceptors (Lipinski definition) is 8. The summed E-state index contributed by atoms with van der Waals surface area (Å²) >= 11 is 9.35. The Labute approximate surface area is 218 Å². The van der Waals surface area contributed by atoms with Crippen LogP contribution in [0.3, 0.4) is 0 Å². The third-order valence-corrected chi connectivity index (χ3v) is 6.62. The topological polar surface area (TPSA) is 121 Å². The predicted molar refractivity (Wildman–Crippen MR) is 138 cm³/mol. The van der Waals surface area contributed by atoms with Crippen molar-refractivity contribution in [3.05, 3.63) is 63.4 Å². The van der Waals surface area contributed by atoms with Crippen LogP contribution in [0.1, 0.15) is 33.4 Å². The number of rotatable bonds is 10. The fraction of sp³-hybridized carbons (Fsp3) is 0.500. The Balaban J connectivity index is 0.00000210. The molecule has 2 N–H and O–H groups in total. The first-order valence-electron chi connectivity index (χ1n) is 10.8. The molecule has 1 aromatic heterocycles. The summed E-state index contributed by atoms with van der Waals surface area (Å²) in [4.78, 5) is 37.9. The molecule has 10 nitrogen and oxygen atoms in total. The molecule has 1 aliphatic rings. The van der Waals surface area contributed by atoms with E-state index in [1.807, 2.05) is 24.0 Å². The second kappa shape index (κ2) is 14.1. The number of benzene rings is 1. The first-order chi connectivity index (χ1) is 16.7. The lowest BCUT2D eigenvalue weighted by Gasteiger charge is -2.29. The summed E-state index contributed by atoms with van der Waals surface area (Å²) in [5, 5.41) is 2.58. The normalized spacial score (nSPS) is 20.5. The van der Waals surface area contributed by atoms with Gasteiger partial charge in [-0.25, -0.2) is 9.88 Å². The second-order valence-electron chi connectivity index (χ2n) is 7.83. The van der Waals surface area contributed by atoms with Gasteiger partial charge in [-0.1, -0.05) is 34.1 Å². The molecule has 0 aliphatic carbocycles. The number of aromatic amines is 1. The highest BCUT2D eigenvalue weighted by Gasteiger charge is 2.38. The van der Waals surface area contributed by atoms with E-state index in [0.717, 1.165) is 0 Å². The minimum atomic E-state index is -1.77. The van der Waals surface area contributed by atoms with Gasteiger partial charge in [0.2, 0.25) is 0 Å². The molecule has 0 radical (unpaired) electrons. The lowest BCUT2D eigenvalue weighted by atomic mass is 10.1. The van der Waals surface area contributed by atoms with Gasteiger partial charge in [-0.05, 0) is 45.2 Å². The van der Waals surface area contributed by atoms with Crippen molar-refractivity contribution in [3.8, 4) is 5.75 Å². The number of nitrogens with one attached hydrogen (secondary N) is 2. The highest BCUT2D eigenvalue weighted by atomic mass is 79.9. The molecular weight excluding hydrogens is 565 g/mol. The van der Waals surface area contributed by atoms with Crippen molar-refractivity contribution in [2.24, 2.45) is 0 Å². The van der Waals surface area contributed by atoms with E-state index in [1.165, 1.54) is 16.8 Å². The van der Waals surface area contributed by atoms with Crippen molar-refractivity contribution in [3.63, 3.8) is 0 Å². The van der Waals surface area contributed by atoms with E-state index in [-0.39, 0.29) is 13.2 Å². The molecule has 4 atom stereocenters. The van der Waals surface area contributed by atoms with E-state index in [2.05, 4.69) is 26.0 Å². The molecule has 0 amide bonds. The third-order valence-electron chi connectivity index (χ3n) is 4.72. The van der Waals surface area contributed by atoms with E-state index >= 15 is 0 Å². The molecule has 0 saturated carbocycles. The summed E-state index contributed by atoms with van der Waals surface area (Å²) in [6.45, 7) is 5.44. The lowest BCUT2D eigenvalue weighted by molar-refractivity contribution is -0.149. The molecule has 13 heteroatoms. The standard InChI is InChI=1S/C21H27ClN3O7P.CH3Br/c1-4-29-19(27)21(2,3)24-33(32-14-8-6-5-7-9-14)30-13-15-12-16(22)18(31-15)25-11-10-17(26)23-20(25)28;1-2/h5-11,15-16,18,24H,4,12-13H2,1-3H3,(H,23,26,28);1H3. The van der Waals surface area contributed by atoms with Gasteiger partial charge in [0.25, 0.3) is 5.56 Å². The molecule has 0 bridgehead atoms. The van der Waals surface area contributed by atoms with Crippen molar-refractivity contribution in [2.75, 3.05) is 19.0 Å². The molecule has 2 aromatic rings. The largest absolute Gasteiger partial charge is 0.465 e. The van der Waals surface area contributed by atoms with Crippen LogP contribution in [0.15, 0.2) is 52.2 Å². The van der Waals surface area contributed by atoms with Gasteiger partial charge in [0.1, 0.15) is 11.3 Å². The van der Waals surface area contributed by atoms with Crippen LogP contribution in [0, 0.1) is 0 Å². The summed E-state index contributed by atoms with van der Waals surface area (Å²) in [7, 11) is -1.77. The Morgan fingerprint density at radius 2 is 1.97 bits per heavy atom. The molecule has 3 rings (SSSR count). The van der Waals surface area contributed by atoms with Crippen LogP contribution in [0.2, 0.25) is 0 Å². The molecule has 1 aromatic carbocycles. The smallest absolute Gasteiger partial charge is 0.330 e. The zero-order valence-corrected chi connectivity index (χ0v) is 23.1. The highest BCUT2D eigenvalue weighted by Crippen LogP contribution is 2.40. The quantitative estimate of drug-likeness (QED) is 0.243. The maximum atomic E-state index is 12.3. The molecule has 1 fully saturated rings. The lowest BCUT2D eigenvalue weighted by Crippen LogP contribution is -2.46. The van der Waals surface area contributed by atoms with Gasteiger partial charge in [0, 0.05) is 12.3 Å². The minimum absolute atomic E-state index is 0.0995. The van der Waals surface area contributed by atoms with E-state index in [1.54, 1.807) is 32.9 Å². The maximum absolute atomic E-state index is 12.3. The maximum Gasteiger partial charge on any atom is 0.330 e. The van der Waals surface area contributed by atoms with Gasteiger partial charge >= 0.3 is 20.2 Å². The molecule has 1 aliphatic heterocycles. The fourth-order valence-electron chi connectivity index (χ4n) is 3.08. The first kappa shape index (κ1) is 29.5. The van der Waals surface area contributed by atoms with E-state index in [4.69, 9.17) is 30.1 Å². The third kappa shape index (κ3) is 8.70. The molecule has 1 saturated heterocycles. The molecular formula is C22H30BrClN3O7P. The van der Waals surface area contributed by atoms with Crippen LogP contribution in [-0.2, 0) is 18.8 Å². The zero-order valence-electron chi connectivity index (χ0n) is 19.9. The van der Waals surface area contributed by atoms with Gasteiger partial charge in [-0.2, -0.15) is 0 Å². The number of carbonyl (C=O) groups is 1. The second-order valence-corrected chi connectivity index (χ2v) is 9.57. The number of esters is 1. The van der Waals surface area contributed by atoms with Gasteiger partial charge in [-0.15, -0.1) is 11.6 Å². The fourth-order valence-corrected chi connectivity index (χ4v) is 4.78. The molecule has 35 heavy (non-hydrogen) atoms. The number of carbonyl (C=O) groups excluding carboxylic acids is 1. The van der Waals surface area contributed by atoms with Crippen LogP contribution in [0.4, 0.5) is 0 Å². The molecule has 2 heterocycles. The Kier molecular flexibility index (Phi) is 11.9. The Bertz CT molecular complexity index is 1050. The van der Waals surface area contributed by atoms with Crippen LogP contribution in [0.25, 0.3) is 0 Å². The van der Waals surface area contributed by atoms with Gasteiger partial charge in [-0.3, -0.25) is 19.1 Å². The summed E-state index contributed by atoms with van der Waals surface area (Å²) < 4.78 is 24.2. The SMILES string of the molecule is CBr.CCOC(=O)C(C)(C)NP(OCC1CC(Cl)C(n2ccc(=O)[nH]c2=O)O1)Oc1ccccc1. The number of alkyl halides is 2. The van der Waals surface area contributed by atoms with E-state index in [9.17, 15) is 14.4 Å². The molecule has 0 spiro atoms. The van der Waals surface area contributed by atoms with Gasteiger partial charge < -0.3 is 18.5 Å². The number of ether oxygens (including phenoxy) is 2. The van der Waals surface area contributed by atoms with Crippen molar-refractivity contribution < 1.29 is 23.3 Å². The van der Waals surface area contributed by atoms with Crippen LogP contribution >= 0.6 is 36.1 Å². The van der Waals surface area contributed by atoms with Gasteiger partial charge in [0.15, 0.2) is 6.23 Å². The summed E-state index contributed by atoms with van der Waals surface area (Å²) in [6, 6.07) is 10.3. The Hall–Kier alpha value is -1.75. The van der Waals surface area contributed by atoms with E-state index in [0.29, 0.717) is 12.2 Å². The summed E-state index contributed by atoms with van der Waals surface area (Å²) in [5.74, 6) is 1.94. The van der Waals surface area contributed by atoms with Crippen LogP contribution < -0.4 is 20.9 Å². The van der Waals surface area contributed by atoms with Crippen LogP contribution in [0.5, 0.6) is 5.75 Å². The van der Waals surface area contributed by atoms with Crippen molar-refractivity contribution in [2.45, 2.75) is 50.4 Å². The van der Waals surface area contributed by atoms with E-state index < -0.39 is 49.0 Å². The highest BCUT2D eigenvalue weighted by molar-refractivity contribution is 9.08. The van der Waals surface area contributed by atoms with Crippen molar-refractivity contribution in [1.29, 1.82) is 0 Å². The zero-order chi connectivity index (χ0) is 26.0. The average Bonchev–Trinajstić information content (AvgIpc) is 3.19. The number of nitrogens with zero attached hydrogens (tertiary/aromatic N) is 1. The van der Waals surface area contributed by atoms with Crippen molar-refractivity contribution in [1.82, 2.24) is 14.6 Å². The summed E-state index contributed by atoms with van der Waals surface area (Å²) in [5.41, 5.74) is -2.17. The van der Waals surface area contributed by atoms with Crippen molar-refractivity contribution >= 4 is 42.0 Å². The Morgan fingerprint density at radius 3 is 2.60 bits per heavy atom. The number of halogens is 2. The number of para-hydroxylation sites is 1. The number of aromatic nitrogens is 2. The predicted octanol–water partition coefficient (Wildman–Crippen LogP) is 3.70. The number of hydrogen-bond donors (Lipinski definition) is 2. The van der Waals surface area contributed by atoms with Gasteiger partial charge in [0.05, 0.1) is 24.7 Å². The first-order valence-corrected chi connectivity index (χ1v) is 14.0. The molecule has 194 valence electrons. The number of H-pyrrole nitrogens is 1. The minimum Gasteiger partial charge on any atom is -0.465 e. The monoisotopic (exact) mass is 593 g/mol. The Morgan fingerprint density at radius 1 is 1.29 bits per heavy atom. The summed E-state index contributed by atoms with van der Waals surface area (Å²) in [6.07, 6.45) is 0.565. The van der Waals surface area contributed by atoms with Crippen LogP contribution in [-0.4, -0.2) is 51.6 Å². The molecule has 4 unspecified atom stereocenters.